The molecule has 43 heavy (non-hydrogen) atoms. The first-order chi connectivity index (χ1) is 20.4. The first kappa shape index (κ1) is 33.0. The van der Waals surface area contributed by atoms with Crippen molar-refractivity contribution in [2.45, 2.75) is 44.6 Å². The number of nitrogens with two attached hydrogens (primary N) is 1. The van der Waals surface area contributed by atoms with Crippen LogP contribution < -0.4 is 15.9 Å². The van der Waals surface area contributed by atoms with Gasteiger partial charge in [0, 0.05) is 26.6 Å². The van der Waals surface area contributed by atoms with Gasteiger partial charge in [0.05, 0.1) is 12.8 Å². The third kappa shape index (κ3) is 7.85. The Kier molecular flexibility index (Phi) is 10.8. The van der Waals surface area contributed by atoms with Crippen LogP contribution in [0.15, 0.2) is 48.8 Å². The molecule has 3 aromatic rings. The summed E-state index contributed by atoms with van der Waals surface area (Å²) in [6.07, 6.45) is -2.06. The van der Waals surface area contributed by atoms with Gasteiger partial charge in [-0.25, -0.2) is 19.2 Å². The van der Waals surface area contributed by atoms with E-state index in [2.05, 4.69) is 20.3 Å². The van der Waals surface area contributed by atoms with E-state index in [1.807, 2.05) is 6.07 Å². The number of anilines is 2. The number of methoxy groups -OCH3 is 2. The monoisotopic (exact) mass is 617 g/mol. The highest BCUT2D eigenvalue weighted by molar-refractivity contribution is 7.58. The summed E-state index contributed by atoms with van der Waals surface area (Å²) in [6.45, 7) is 2.76. The molecule has 0 fully saturated rings. The predicted octanol–water partition coefficient (Wildman–Crippen LogP) is 2.14. The van der Waals surface area contributed by atoms with Gasteiger partial charge in [-0.2, -0.15) is 10.4 Å². The number of hydrogen-bond acceptors (Lipinski definition) is 13. The Bertz CT molecular complexity index is 1540. The van der Waals surface area contributed by atoms with Crippen LogP contribution in [0.25, 0.3) is 5.52 Å². The number of benzene rings is 1. The number of esters is 3. The minimum absolute atomic E-state index is 0.104. The molecule has 3 rings (SSSR count). The van der Waals surface area contributed by atoms with E-state index in [9.17, 15) is 24.2 Å². The van der Waals surface area contributed by atoms with Gasteiger partial charge < -0.3 is 29.8 Å². The van der Waals surface area contributed by atoms with Crippen LogP contribution in [0, 0.1) is 11.3 Å². The summed E-state index contributed by atoms with van der Waals surface area (Å²) in [6, 6.07) is 12.1. The lowest BCUT2D eigenvalue weighted by Crippen LogP contribution is -2.53. The van der Waals surface area contributed by atoms with E-state index in [4.69, 9.17) is 29.2 Å². The summed E-state index contributed by atoms with van der Waals surface area (Å²) in [4.78, 5) is 40.7. The molecule has 0 amide bonds. The highest BCUT2D eigenvalue weighted by atomic mass is 31.2. The lowest BCUT2D eigenvalue weighted by atomic mass is 9.92. The van der Waals surface area contributed by atoms with Gasteiger partial charge in [-0.3, -0.25) is 18.9 Å². The molecule has 5 atom stereocenters. The molecular weight excluding hydrogens is 585 g/mol. The van der Waals surface area contributed by atoms with Crippen molar-refractivity contribution in [3.63, 3.8) is 0 Å². The number of fused-ring (bicyclic) bond motifs is 1. The van der Waals surface area contributed by atoms with Crippen molar-refractivity contribution in [2.75, 3.05) is 31.6 Å². The van der Waals surface area contributed by atoms with Crippen molar-refractivity contribution >= 4 is 42.6 Å². The predicted molar refractivity (Wildman–Crippen MR) is 151 cm³/mol. The highest BCUT2D eigenvalue weighted by Crippen LogP contribution is 2.45. The Morgan fingerprint density at radius 1 is 1.12 bits per heavy atom. The normalized spacial score (nSPS) is 16.0. The Morgan fingerprint density at radius 2 is 1.79 bits per heavy atom. The van der Waals surface area contributed by atoms with Crippen molar-refractivity contribution in [3.05, 3.63) is 54.5 Å². The molecule has 0 radical (unpaired) electrons. The topological polar surface area (TPSA) is 218 Å². The number of carbonyl (C=O) groups excluding carboxylic acids is 3. The van der Waals surface area contributed by atoms with Crippen LogP contribution in [0.4, 0.5) is 11.5 Å². The van der Waals surface area contributed by atoms with E-state index < -0.39 is 56.0 Å². The van der Waals surface area contributed by atoms with Gasteiger partial charge in [0.1, 0.15) is 30.6 Å². The maximum absolute atomic E-state index is 14.1. The number of carbonyl (C=O) groups is 3. The van der Waals surface area contributed by atoms with Crippen LogP contribution >= 0.6 is 7.67 Å². The van der Waals surface area contributed by atoms with E-state index in [1.54, 1.807) is 36.4 Å². The fourth-order valence-electron chi connectivity index (χ4n) is 4.08. The number of nitrogens with zero attached hydrogens (tertiary/aromatic N) is 4. The van der Waals surface area contributed by atoms with Crippen LogP contribution in [-0.4, -0.2) is 71.1 Å². The molecule has 16 nitrogen and oxygen atoms in total. The van der Waals surface area contributed by atoms with E-state index in [0.717, 1.165) is 34.4 Å². The lowest BCUT2D eigenvalue weighted by molar-refractivity contribution is -0.191. The number of nitrogen functional groups attached to an aromatic ring is 1. The second-order valence-corrected chi connectivity index (χ2v) is 11.0. The number of rotatable bonds is 14. The highest BCUT2D eigenvalue weighted by Gasteiger charge is 2.51. The molecule has 2 aromatic heterocycles. The fraction of sp³-hybridized carbons (Fsp3) is 0.385. The molecule has 230 valence electrons. The zero-order chi connectivity index (χ0) is 31.8. The first-order valence-electron chi connectivity index (χ1n) is 12.7. The van der Waals surface area contributed by atoms with Crippen LogP contribution in [0.1, 0.15) is 32.6 Å². The molecule has 4 N–H and O–H groups in total. The van der Waals surface area contributed by atoms with Crippen molar-refractivity contribution in [1.29, 1.82) is 5.26 Å². The van der Waals surface area contributed by atoms with Crippen molar-refractivity contribution in [2.24, 2.45) is 0 Å². The average Bonchev–Trinajstić information content (AvgIpc) is 3.41. The summed E-state index contributed by atoms with van der Waals surface area (Å²) in [5.41, 5.74) is 4.53. The number of aromatic nitrogens is 3. The average molecular weight is 618 g/mol. The maximum Gasteiger partial charge on any atom is 0.366 e. The van der Waals surface area contributed by atoms with Crippen LogP contribution in [0.3, 0.4) is 0 Å². The minimum atomic E-state index is -4.25. The first-order valence-corrected chi connectivity index (χ1v) is 14.3. The summed E-state index contributed by atoms with van der Waals surface area (Å²) in [7, 11) is -1.96. The van der Waals surface area contributed by atoms with Gasteiger partial charge in [-0.15, -0.1) is 0 Å². The largest absolute Gasteiger partial charge is 0.468 e. The summed E-state index contributed by atoms with van der Waals surface area (Å²) in [5, 5.41) is 19.9. The molecule has 1 unspecified atom stereocenters. The third-order valence-electron chi connectivity index (χ3n) is 6.11. The zero-order valence-corrected chi connectivity index (χ0v) is 24.9. The zero-order valence-electron chi connectivity index (χ0n) is 24.0. The van der Waals surface area contributed by atoms with E-state index in [1.165, 1.54) is 17.5 Å². The van der Waals surface area contributed by atoms with E-state index in [-0.39, 0.29) is 11.5 Å². The number of ether oxygens (including phenoxy) is 4. The molecule has 0 aliphatic carbocycles. The van der Waals surface area contributed by atoms with Gasteiger partial charge in [-0.05, 0) is 31.2 Å². The SMILES string of the molecule is COC(=O)[C@H](C)NP(=O)(Nc1ccccc1)OC[C@@](C#N)(OC)[C@@H](OC(C)=O)[C@@H](OC(C)=O)c1ccc2c(N)ncnn12. The van der Waals surface area contributed by atoms with Gasteiger partial charge in [-0.1, -0.05) is 18.2 Å². The van der Waals surface area contributed by atoms with Crippen LogP contribution in [0.5, 0.6) is 0 Å². The van der Waals surface area contributed by atoms with E-state index >= 15 is 0 Å². The molecule has 2 heterocycles. The van der Waals surface area contributed by atoms with Crippen molar-refractivity contribution in [1.82, 2.24) is 19.7 Å². The summed E-state index contributed by atoms with van der Waals surface area (Å²) >= 11 is 0. The molecule has 0 aliphatic heterocycles. The molecule has 0 saturated heterocycles. The molecule has 0 saturated carbocycles. The van der Waals surface area contributed by atoms with Gasteiger partial charge in [0.2, 0.25) is 5.60 Å². The number of para-hydroxylation sites is 1. The Morgan fingerprint density at radius 3 is 2.37 bits per heavy atom. The lowest BCUT2D eigenvalue weighted by Gasteiger charge is -2.37. The minimum Gasteiger partial charge on any atom is -0.468 e. The molecule has 1 aromatic carbocycles. The Labute approximate surface area is 246 Å². The number of nitrogens with one attached hydrogen (secondary N) is 2. The standard InChI is InChI=1S/C26H32N7O9P/c1-16(25(36)38-4)31-43(37,32-19-9-7-6-8-10-19)40-14-26(13-27,39-5)23(42-18(3)35)22(41-17(2)34)20-11-12-21-24(28)29-15-30-33(20)21/h6-12,15-16,22-23H,14H2,1-5H3,(H2,28,29,30)(H2,31,32,37)/t16-,22-,23-,26+,43?/m0/s1. The van der Waals surface area contributed by atoms with Crippen molar-refractivity contribution in [3.8, 4) is 6.07 Å². The Balaban J connectivity index is 2.10. The quantitative estimate of drug-likeness (QED) is 0.134. The van der Waals surface area contributed by atoms with Gasteiger partial charge in [0.25, 0.3) is 0 Å². The van der Waals surface area contributed by atoms with Crippen molar-refractivity contribution < 1.29 is 42.4 Å². The second kappa shape index (κ2) is 14.1. The maximum atomic E-state index is 14.1. The van der Waals surface area contributed by atoms with Crippen LogP contribution in [0.2, 0.25) is 0 Å². The molecule has 17 heteroatoms. The Hall–Kier alpha value is -4.55. The molecule has 0 spiro atoms. The third-order valence-corrected chi connectivity index (χ3v) is 7.88. The smallest absolute Gasteiger partial charge is 0.366 e. The summed E-state index contributed by atoms with van der Waals surface area (Å²) in [5.74, 6) is -2.30. The summed E-state index contributed by atoms with van der Waals surface area (Å²) < 4.78 is 42.6. The van der Waals surface area contributed by atoms with E-state index in [0.29, 0.717) is 11.2 Å². The van der Waals surface area contributed by atoms with Gasteiger partial charge >= 0.3 is 25.6 Å². The molecule has 0 aliphatic rings. The number of hydrogen-bond donors (Lipinski definition) is 3. The molecular formula is C26H32N7O9P. The number of nitriles is 1. The second-order valence-electron chi connectivity index (χ2n) is 9.14. The van der Waals surface area contributed by atoms with Crippen LogP contribution in [-0.2, 0) is 42.4 Å². The molecule has 0 bridgehead atoms. The van der Waals surface area contributed by atoms with Gasteiger partial charge in [0.15, 0.2) is 18.0 Å². The fourth-order valence-corrected chi connectivity index (χ4v) is 5.76.